The number of thiophene rings is 1. The van der Waals surface area contributed by atoms with Crippen LogP contribution in [0.3, 0.4) is 0 Å². The van der Waals surface area contributed by atoms with E-state index in [9.17, 15) is 14.0 Å². The summed E-state index contributed by atoms with van der Waals surface area (Å²) in [4.78, 5) is 27.1. The van der Waals surface area contributed by atoms with E-state index in [1.165, 1.54) is 22.3 Å². The minimum atomic E-state index is -0.708. The summed E-state index contributed by atoms with van der Waals surface area (Å²) in [6, 6.07) is 9.37. The molecule has 0 spiro atoms. The number of morpholine rings is 1. The maximum atomic E-state index is 13.6. The predicted octanol–water partition coefficient (Wildman–Crippen LogP) is 1.93. The number of ether oxygens (including phenoxy) is 1. The first kappa shape index (κ1) is 16.6. The molecule has 1 N–H and O–H groups in total. The van der Waals surface area contributed by atoms with Gasteiger partial charge in [0.15, 0.2) is 0 Å². The van der Waals surface area contributed by atoms with E-state index in [2.05, 4.69) is 5.32 Å². The van der Waals surface area contributed by atoms with Crippen molar-refractivity contribution >= 4 is 23.2 Å². The molecular formula is C17H17FN2O3S. The molecule has 0 radical (unpaired) electrons. The molecule has 1 aliphatic heterocycles. The maximum Gasteiger partial charge on any atom is 0.249 e. The van der Waals surface area contributed by atoms with Gasteiger partial charge in [0.05, 0.1) is 13.2 Å². The lowest BCUT2D eigenvalue weighted by molar-refractivity contribution is -0.155. The molecule has 1 atom stereocenters. The van der Waals surface area contributed by atoms with Crippen LogP contribution < -0.4 is 5.32 Å². The fraction of sp³-hybridized carbons (Fsp3) is 0.294. The molecule has 2 amide bonds. The average Bonchev–Trinajstić information content (AvgIpc) is 3.09. The molecule has 1 aliphatic rings. The van der Waals surface area contributed by atoms with Crippen molar-refractivity contribution in [2.75, 3.05) is 13.2 Å². The third-order valence-electron chi connectivity index (χ3n) is 3.82. The van der Waals surface area contributed by atoms with Crippen LogP contribution in [0.4, 0.5) is 4.39 Å². The molecule has 5 nitrogen and oxygen atoms in total. The minimum absolute atomic E-state index is 0.0253. The number of carbonyl (C=O) groups is 2. The SMILES string of the molecule is O=C(NCc1ccccc1F)C1COCC(=O)N1Cc1cccs1. The molecule has 1 aromatic carbocycles. The van der Waals surface area contributed by atoms with E-state index >= 15 is 0 Å². The molecular weight excluding hydrogens is 331 g/mol. The summed E-state index contributed by atoms with van der Waals surface area (Å²) >= 11 is 1.53. The Bertz CT molecular complexity index is 720. The number of amides is 2. The fourth-order valence-corrected chi connectivity index (χ4v) is 3.24. The van der Waals surface area contributed by atoms with Gasteiger partial charge in [0.2, 0.25) is 11.8 Å². The van der Waals surface area contributed by atoms with Crippen molar-refractivity contribution in [3.63, 3.8) is 0 Å². The van der Waals surface area contributed by atoms with Crippen LogP contribution in [-0.4, -0.2) is 36.0 Å². The summed E-state index contributed by atoms with van der Waals surface area (Å²) < 4.78 is 18.9. The molecule has 1 aromatic heterocycles. The summed E-state index contributed by atoms with van der Waals surface area (Å²) in [6.45, 7) is 0.559. The van der Waals surface area contributed by atoms with E-state index in [0.29, 0.717) is 12.1 Å². The van der Waals surface area contributed by atoms with Crippen molar-refractivity contribution in [1.29, 1.82) is 0 Å². The molecule has 2 heterocycles. The maximum absolute atomic E-state index is 13.6. The zero-order chi connectivity index (χ0) is 16.9. The quantitative estimate of drug-likeness (QED) is 0.898. The second-order valence-corrected chi connectivity index (χ2v) is 6.47. The van der Waals surface area contributed by atoms with Gasteiger partial charge >= 0.3 is 0 Å². The summed E-state index contributed by atoms with van der Waals surface area (Å²) in [5, 5.41) is 4.61. The van der Waals surface area contributed by atoms with Crippen LogP contribution in [0.5, 0.6) is 0 Å². The highest BCUT2D eigenvalue weighted by Gasteiger charge is 2.34. The second kappa shape index (κ2) is 7.55. The van der Waals surface area contributed by atoms with Crippen molar-refractivity contribution in [2.24, 2.45) is 0 Å². The first-order chi connectivity index (χ1) is 11.6. The second-order valence-electron chi connectivity index (χ2n) is 5.44. The van der Waals surface area contributed by atoms with Crippen LogP contribution in [0.25, 0.3) is 0 Å². The Balaban J connectivity index is 1.67. The molecule has 24 heavy (non-hydrogen) atoms. The van der Waals surface area contributed by atoms with Crippen molar-refractivity contribution in [3.8, 4) is 0 Å². The zero-order valence-corrected chi connectivity index (χ0v) is 13.7. The summed E-state index contributed by atoms with van der Waals surface area (Å²) in [5.74, 6) is -0.937. The predicted molar refractivity (Wildman–Crippen MR) is 87.7 cm³/mol. The molecule has 0 saturated carbocycles. The molecule has 1 fully saturated rings. The molecule has 126 valence electrons. The summed E-state index contributed by atoms with van der Waals surface area (Å²) in [5.41, 5.74) is 0.402. The Morgan fingerprint density at radius 2 is 2.17 bits per heavy atom. The number of hydrogen-bond acceptors (Lipinski definition) is 4. The Hall–Kier alpha value is -2.25. The largest absolute Gasteiger partial charge is 0.369 e. The van der Waals surface area contributed by atoms with E-state index in [-0.39, 0.29) is 37.4 Å². The average molecular weight is 348 g/mol. The van der Waals surface area contributed by atoms with Crippen LogP contribution in [0.2, 0.25) is 0 Å². The monoisotopic (exact) mass is 348 g/mol. The van der Waals surface area contributed by atoms with Gasteiger partial charge in [-0.05, 0) is 17.5 Å². The number of carbonyl (C=O) groups excluding carboxylic acids is 2. The van der Waals surface area contributed by atoms with Gasteiger partial charge in [0.25, 0.3) is 0 Å². The highest BCUT2D eigenvalue weighted by molar-refractivity contribution is 7.09. The lowest BCUT2D eigenvalue weighted by Gasteiger charge is -2.34. The van der Waals surface area contributed by atoms with Gasteiger partial charge in [-0.1, -0.05) is 24.3 Å². The van der Waals surface area contributed by atoms with Gasteiger partial charge in [0.1, 0.15) is 18.5 Å². The standard InChI is InChI=1S/C17H17FN2O3S/c18-14-6-2-1-4-12(14)8-19-17(22)15-10-23-11-16(21)20(15)9-13-5-3-7-24-13/h1-7,15H,8-11H2,(H,19,22). The van der Waals surface area contributed by atoms with Gasteiger partial charge in [0, 0.05) is 17.0 Å². The first-order valence-corrected chi connectivity index (χ1v) is 8.44. The minimum Gasteiger partial charge on any atom is -0.369 e. The molecule has 2 aromatic rings. The van der Waals surface area contributed by atoms with Crippen LogP contribution in [0.1, 0.15) is 10.4 Å². The van der Waals surface area contributed by atoms with Crippen LogP contribution in [0, 0.1) is 5.82 Å². The third-order valence-corrected chi connectivity index (χ3v) is 4.68. The fourth-order valence-electron chi connectivity index (χ4n) is 2.53. The van der Waals surface area contributed by atoms with E-state index in [1.54, 1.807) is 18.2 Å². The topological polar surface area (TPSA) is 58.6 Å². The van der Waals surface area contributed by atoms with Crippen molar-refractivity contribution < 1.29 is 18.7 Å². The number of nitrogens with one attached hydrogen (secondary N) is 1. The van der Waals surface area contributed by atoms with Crippen molar-refractivity contribution in [1.82, 2.24) is 10.2 Å². The van der Waals surface area contributed by atoms with Crippen molar-refractivity contribution in [2.45, 2.75) is 19.1 Å². The van der Waals surface area contributed by atoms with E-state index in [1.807, 2.05) is 17.5 Å². The lowest BCUT2D eigenvalue weighted by Crippen LogP contribution is -2.55. The van der Waals surface area contributed by atoms with Gasteiger partial charge < -0.3 is 15.0 Å². The Morgan fingerprint density at radius 3 is 2.92 bits per heavy atom. The smallest absolute Gasteiger partial charge is 0.249 e. The number of benzene rings is 1. The van der Waals surface area contributed by atoms with Crippen LogP contribution in [-0.2, 0) is 27.4 Å². The Kier molecular flexibility index (Phi) is 5.22. The highest BCUT2D eigenvalue weighted by Crippen LogP contribution is 2.17. The molecule has 0 bridgehead atoms. The Labute approximate surface area is 143 Å². The molecule has 1 saturated heterocycles. The number of rotatable bonds is 5. The zero-order valence-electron chi connectivity index (χ0n) is 12.9. The number of hydrogen-bond donors (Lipinski definition) is 1. The van der Waals surface area contributed by atoms with E-state index < -0.39 is 6.04 Å². The van der Waals surface area contributed by atoms with E-state index in [0.717, 1.165) is 4.88 Å². The van der Waals surface area contributed by atoms with E-state index in [4.69, 9.17) is 4.74 Å². The highest BCUT2D eigenvalue weighted by atomic mass is 32.1. The summed E-state index contributed by atoms with van der Waals surface area (Å²) in [6.07, 6.45) is 0. The molecule has 7 heteroatoms. The van der Waals surface area contributed by atoms with Crippen LogP contribution in [0.15, 0.2) is 41.8 Å². The normalized spacial score (nSPS) is 17.8. The number of nitrogens with zero attached hydrogens (tertiary/aromatic N) is 1. The van der Waals surface area contributed by atoms with Gasteiger partial charge in [-0.2, -0.15) is 0 Å². The molecule has 0 aliphatic carbocycles. The lowest BCUT2D eigenvalue weighted by atomic mass is 10.1. The molecule has 1 unspecified atom stereocenters. The van der Waals surface area contributed by atoms with Gasteiger partial charge in [-0.15, -0.1) is 11.3 Å². The van der Waals surface area contributed by atoms with Gasteiger partial charge in [-0.3, -0.25) is 9.59 Å². The first-order valence-electron chi connectivity index (χ1n) is 7.56. The van der Waals surface area contributed by atoms with Crippen molar-refractivity contribution in [3.05, 3.63) is 58.0 Å². The summed E-state index contributed by atoms with van der Waals surface area (Å²) in [7, 11) is 0. The molecule has 3 rings (SSSR count). The Morgan fingerprint density at radius 1 is 1.33 bits per heavy atom. The third kappa shape index (κ3) is 3.80. The number of halogens is 1. The van der Waals surface area contributed by atoms with Crippen LogP contribution >= 0.6 is 11.3 Å². The van der Waals surface area contributed by atoms with Gasteiger partial charge in [-0.25, -0.2) is 4.39 Å².